The highest BCUT2D eigenvalue weighted by Gasteiger charge is 2.33. The maximum absolute atomic E-state index is 13.6. The maximum atomic E-state index is 13.6. The third-order valence-electron chi connectivity index (χ3n) is 6.84. The van der Waals surface area contributed by atoms with E-state index in [0.29, 0.717) is 38.5 Å². The number of hydrogen-bond acceptors (Lipinski definition) is 7. The second-order valence-corrected chi connectivity index (χ2v) is 10.1. The van der Waals surface area contributed by atoms with E-state index in [9.17, 15) is 19.2 Å². The predicted octanol–water partition coefficient (Wildman–Crippen LogP) is 0.564. The van der Waals surface area contributed by atoms with Gasteiger partial charge in [0, 0.05) is 38.9 Å². The Hall–Kier alpha value is -3.99. The molecule has 2 aromatic rings. The summed E-state index contributed by atoms with van der Waals surface area (Å²) >= 11 is 0. The number of carbonyl (C=O) groups excluding carboxylic acids is 4. The Labute approximate surface area is 228 Å². The van der Waals surface area contributed by atoms with E-state index in [1.165, 1.54) is 0 Å². The summed E-state index contributed by atoms with van der Waals surface area (Å²) < 4.78 is 5.77. The Bertz CT molecular complexity index is 1170. The quantitative estimate of drug-likeness (QED) is 0.520. The van der Waals surface area contributed by atoms with Crippen LogP contribution < -0.4 is 20.7 Å². The summed E-state index contributed by atoms with van der Waals surface area (Å²) in [6.07, 6.45) is 1.46. The summed E-state index contributed by atoms with van der Waals surface area (Å²) in [6.45, 7) is 6.88. The van der Waals surface area contributed by atoms with Gasteiger partial charge in [-0.2, -0.15) is 0 Å². The van der Waals surface area contributed by atoms with Crippen LogP contribution in [0.1, 0.15) is 36.3 Å². The van der Waals surface area contributed by atoms with Gasteiger partial charge in [0.15, 0.2) is 0 Å². The number of carbonyl (C=O) groups is 4. The smallest absolute Gasteiger partial charge is 0.255 e. The van der Waals surface area contributed by atoms with Gasteiger partial charge in [-0.05, 0) is 30.2 Å². The first-order valence-electron chi connectivity index (χ1n) is 13.3. The third-order valence-corrected chi connectivity index (χ3v) is 6.84. The molecule has 1 aromatic heterocycles. The summed E-state index contributed by atoms with van der Waals surface area (Å²) in [4.78, 5) is 61.0. The van der Waals surface area contributed by atoms with Gasteiger partial charge in [0.1, 0.15) is 24.4 Å². The summed E-state index contributed by atoms with van der Waals surface area (Å²) in [6, 6.07) is 10.6. The number of nitrogens with zero attached hydrogens (tertiary/aromatic N) is 3. The number of ether oxygens (including phenoxy) is 1. The molecule has 0 bridgehead atoms. The second kappa shape index (κ2) is 13.2. The van der Waals surface area contributed by atoms with E-state index in [1.54, 1.807) is 35.4 Å². The lowest BCUT2D eigenvalue weighted by Crippen LogP contribution is -2.57. The minimum atomic E-state index is -1.10. The molecule has 0 radical (unpaired) electrons. The standard InChI is InChI=1S/C28H36N6O5/c1-19(2)25-27(37)30-11-16-39-23-9-4-3-8-21(23)26(36)31-22(17-24(35)32-25)28(38)34-14-12-33(13-15-34)18-20-7-5-6-10-29-20/h3-10,19,22,25H,11-18H2,1-2H3,(H,30,37)(H,31,36)(H,32,35)/t22-,25+/m0/s1. The molecule has 1 aromatic carbocycles. The normalized spacial score (nSPS) is 21.6. The lowest BCUT2D eigenvalue weighted by molar-refractivity contribution is -0.138. The molecule has 0 saturated carbocycles. The predicted molar refractivity (Wildman–Crippen MR) is 144 cm³/mol. The number of pyridine rings is 1. The van der Waals surface area contributed by atoms with Crippen LogP contribution >= 0.6 is 0 Å². The van der Waals surface area contributed by atoms with Gasteiger partial charge in [0.05, 0.1) is 24.2 Å². The van der Waals surface area contributed by atoms with E-state index >= 15 is 0 Å². The molecule has 208 valence electrons. The second-order valence-electron chi connectivity index (χ2n) is 10.1. The van der Waals surface area contributed by atoms with Gasteiger partial charge >= 0.3 is 0 Å². The van der Waals surface area contributed by atoms with Crippen LogP contribution in [0.25, 0.3) is 0 Å². The number of amides is 4. The van der Waals surface area contributed by atoms with Crippen LogP contribution in [0.15, 0.2) is 48.7 Å². The Morgan fingerprint density at radius 3 is 2.49 bits per heavy atom. The molecule has 2 aliphatic rings. The van der Waals surface area contributed by atoms with Crippen molar-refractivity contribution in [2.45, 2.75) is 38.9 Å². The Morgan fingerprint density at radius 2 is 1.77 bits per heavy atom. The molecule has 1 fully saturated rings. The molecule has 3 heterocycles. The van der Waals surface area contributed by atoms with Crippen molar-refractivity contribution in [1.82, 2.24) is 30.7 Å². The van der Waals surface area contributed by atoms with Crippen molar-refractivity contribution in [2.24, 2.45) is 5.92 Å². The topological polar surface area (TPSA) is 133 Å². The van der Waals surface area contributed by atoms with Crippen LogP contribution in [0, 0.1) is 5.92 Å². The number of piperazine rings is 1. The summed E-state index contributed by atoms with van der Waals surface area (Å²) in [5.74, 6) is -1.51. The highest BCUT2D eigenvalue weighted by Crippen LogP contribution is 2.19. The average Bonchev–Trinajstić information content (AvgIpc) is 2.93. The van der Waals surface area contributed by atoms with Crippen molar-refractivity contribution < 1.29 is 23.9 Å². The number of nitrogens with one attached hydrogen (secondary N) is 3. The van der Waals surface area contributed by atoms with Crippen LogP contribution in [-0.2, 0) is 20.9 Å². The number of aromatic nitrogens is 1. The molecule has 11 nitrogen and oxygen atoms in total. The van der Waals surface area contributed by atoms with E-state index < -0.39 is 23.9 Å². The van der Waals surface area contributed by atoms with Crippen LogP contribution in [-0.4, -0.2) is 89.8 Å². The molecular formula is C28H36N6O5. The number of rotatable bonds is 4. The molecular weight excluding hydrogens is 500 g/mol. The molecule has 0 aliphatic carbocycles. The summed E-state index contributed by atoms with van der Waals surface area (Å²) in [5, 5.41) is 8.29. The molecule has 2 atom stereocenters. The number of benzene rings is 1. The summed E-state index contributed by atoms with van der Waals surface area (Å²) in [5.41, 5.74) is 1.20. The van der Waals surface area contributed by atoms with Crippen LogP contribution in [0.5, 0.6) is 5.75 Å². The molecule has 2 aliphatic heterocycles. The average molecular weight is 537 g/mol. The largest absolute Gasteiger partial charge is 0.491 e. The Balaban J connectivity index is 1.50. The first-order valence-corrected chi connectivity index (χ1v) is 13.3. The zero-order valence-corrected chi connectivity index (χ0v) is 22.4. The Kier molecular flexibility index (Phi) is 9.48. The lowest BCUT2D eigenvalue weighted by atomic mass is 10.0. The van der Waals surface area contributed by atoms with Crippen LogP contribution in [0.3, 0.4) is 0 Å². The van der Waals surface area contributed by atoms with Gasteiger partial charge in [0.2, 0.25) is 17.7 Å². The minimum absolute atomic E-state index is 0.139. The van der Waals surface area contributed by atoms with Gasteiger partial charge < -0.3 is 25.6 Å². The number of fused-ring (bicyclic) bond motifs is 1. The van der Waals surface area contributed by atoms with Crippen LogP contribution in [0.2, 0.25) is 0 Å². The zero-order chi connectivity index (χ0) is 27.8. The molecule has 3 N–H and O–H groups in total. The zero-order valence-electron chi connectivity index (χ0n) is 22.4. The van der Waals surface area contributed by atoms with Crippen molar-refractivity contribution in [1.29, 1.82) is 0 Å². The fourth-order valence-electron chi connectivity index (χ4n) is 4.68. The Morgan fingerprint density at radius 1 is 1.03 bits per heavy atom. The van der Waals surface area contributed by atoms with Crippen molar-refractivity contribution in [3.05, 3.63) is 59.9 Å². The van der Waals surface area contributed by atoms with E-state index in [2.05, 4.69) is 25.8 Å². The number of para-hydroxylation sites is 1. The molecule has 1 saturated heterocycles. The highest BCUT2D eigenvalue weighted by atomic mass is 16.5. The van der Waals surface area contributed by atoms with E-state index in [-0.39, 0.29) is 42.9 Å². The third kappa shape index (κ3) is 7.53. The van der Waals surface area contributed by atoms with Gasteiger partial charge in [0.25, 0.3) is 5.91 Å². The highest BCUT2D eigenvalue weighted by molar-refractivity contribution is 6.01. The van der Waals surface area contributed by atoms with Gasteiger partial charge in [-0.25, -0.2) is 0 Å². The van der Waals surface area contributed by atoms with Crippen molar-refractivity contribution in [2.75, 3.05) is 39.3 Å². The fourth-order valence-corrected chi connectivity index (χ4v) is 4.68. The van der Waals surface area contributed by atoms with Crippen molar-refractivity contribution in [3.63, 3.8) is 0 Å². The lowest BCUT2D eigenvalue weighted by Gasteiger charge is -2.36. The van der Waals surface area contributed by atoms with E-state index in [4.69, 9.17) is 4.74 Å². The molecule has 4 amide bonds. The SMILES string of the molecule is CC(C)[C@H]1NC(=O)C[C@@H](C(=O)N2CCN(Cc3ccccn3)CC2)NC(=O)c2ccccc2OCCNC1=O. The summed E-state index contributed by atoms with van der Waals surface area (Å²) in [7, 11) is 0. The van der Waals surface area contributed by atoms with Gasteiger partial charge in [-0.15, -0.1) is 0 Å². The molecule has 4 rings (SSSR count). The van der Waals surface area contributed by atoms with Crippen molar-refractivity contribution >= 4 is 23.6 Å². The molecule has 39 heavy (non-hydrogen) atoms. The van der Waals surface area contributed by atoms with E-state index in [0.717, 1.165) is 5.69 Å². The minimum Gasteiger partial charge on any atom is -0.491 e. The molecule has 0 spiro atoms. The van der Waals surface area contributed by atoms with E-state index in [1.807, 2.05) is 32.0 Å². The first kappa shape index (κ1) is 28.0. The maximum Gasteiger partial charge on any atom is 0.255 e. The van der Waals surface area contributed by atoms with Crippen LogP contribution in [0.4, 0.5) is 0 Å². The number of hydrogen-bond donors (Lipinski definition) is 3. The first-order chi connectivity index (χ1) is 18.8. The fraction of sp³-hybridized carbons (Fsp3) is 0.464. The molecule has 11 heteroatoms. The molecule has 0 unspecified atom stereocenters. The van der Waals surface area contributed by atoms with Crippen molar-refractivity contribution in [3.8, 4) is 5.75 Å². The van der Waals surface area contributed by atoms with Gasteiger partial charge in [-0.1, -0.05) is 32.0 Å². The van der Waals surface area contributed by atoms with Gasteiger partial charge in [-0.3, -0.25) is 29.1 Å². The monoisotopic (exact) mass is 536 g/mol.